The average molecular weight is 455 g/mol. The third-order valence-electron chi connectivity index (χ3n) is 5.61. The van der Waals surface area contributed by atoms with Crippen molar-refractivity contribution >= 4 is 5.78 Å². The number of benzene rings is 2. The van der Waals surface area contributed by atoms with Crippen LogP contribution in [0.4, 0.5) is 0 Å². The molecule has 0 aromatic heterocycles. The van der Waals surface area contributed by atoms with E-state index in [4.69, 9.17) is 9.47 Å². The average Bonchev–Trinajstić information content (AvgIpc) is 2.71. The minimum Gasteiger partial charge on any atom is -0.508 e. The fraction of sp³-hybridized carbons (Fsp3) is 0.346. The predicted molar refractivity (Wildman–Crippen MR) is 124 cm³/mol. The third kappa shape index (κ3) is 5.31. The zero-order valence-corrected chi connectivity index (χ0v) is 19.3. The van der Waals surface area contributed by atoms with Crippen LogP contribution < -0.4 is 9.47 Å². The van der Waals surface area contributed by atoms with Crippen molar-refractivity contribution in [3.05, 3.63) is 65.3 Å². The van der Waals surface area contributed by atoms with Crippen LogP contribution in [0.25, 0.3) is 0 Å². The standard InChI is InChI=1S/C26H30O7/c1-14(2)15(8-9-26(3,4)31)10-18-19(28)12-20(29)24-21(30)13-23(33-25(18)24)17-7-6-16(27)11-22(17)32-5/h6-9,11-12,15,23,27-29,31H,1,10,13H2,2-5H3/b9-8+/t15-,23+/m0/s1. The van der Waals surface area contributed by atoms with E-state index in [-0.39, 0.29) is 53.1 Å². The highest BCUT2D eigenvalue weighted by molar-refractivity contribution is 6.03. The smallest absolute Gasteiger partial charge is 0.174 e. The van der Waals surface area contributed by atoms with Gasteiger partial charge in [0.25, 0.3) is 0 Å². The van der Waals surface area contributed by atoms with E-state index in [9.17, 15) is 25.2 Å². The number of phenols is 3. The molecule has 176 valence electrons. The van der Waals surface area contributed by atoms with Crippen molar-refractivity contribution in [2.75, 3.05) is 7.11 Å². The van der Waals surface area contributed by atoms with Gasteiger partial charge >= 0.3 is 0 Å². The Kier molecular flexibility index (Phi) is 6.74. The molecule has 0 bridgehead atoms. The molecule has 3 rings (SSSR count). The number of hydrogen-bond acceptors (Lipinski definition) is 7. The van der Waals surface area contributed by atoms with Crippen LogP contribution in [-0.2, 0) is 6.42 Å². The Balaban J connectivity index is 2.08. The minimum absolute atomic E-state index is 0.0111. The second kappa shape index (κ2) is 9.19. The summed E-state index contributed by atoms with van der Waals surface area (Å²) in [6.45, 7) is 9.14. The van der Waals surface area contributed by atoms with Gasteiger partial charge in [0, 0.05) is 29.2 Å². The van der Waals surface area contributed by atoms with Gasteiger partial charge in [-0.3, -0.25) is 4.79 Å². The van der Waals surface area contributed by atoms with E-state index in [2.05, 4.69) is 6.58 Å². The van der Waals surface area contributed by atoms with E-state index in [1.54, 1.807) is 32.1 Å². The lowest BCUT2D eigenvalue weighted by Crippen LogP contribution is -2.23. The summed E-state index contributed by atoms with van der Waals surface area (Å²) in [6.07, 6.45) is 2.89. The largest absolute Gasteiger partial charge is 0.508 e. The number of phenolic OH excluding ortho intramolecular Hbond substituents is 3. The van der Waals surface area contributed by atoms with Crippen molar-refractivity contribution in [1.29, 1.82) is 0 Å². The number of carbonyl (C=O) groups excluding carboxylic acids is 1. The van der Waals surface area contributed by atoms with Crippen molar-refractivity contribution < 1.29 is 34.7 Å². The third-order valence-corrected chi connectivity index (χ3v) is 5.61. The zero-order valence-electron chi connectivity index (χ0n) is 19.3. The molecular weight excluding hydrogens is 424 g/mol. The Bertz CT molecular complexity index is 1110. The molecular formula is C26H30O7. The van der Waals surface area contributed by atoms with Crippen molar-refractivity contribution in [1.82, 2.24) is 0 Å². The highest BCUT2D eigenvalue weighted by Crippen LogP contribution is 2.47. The molecule has 7 nitrogen and oxygen atoms in total. The van der Waals surface area contributed by atoms with Crippen molar-refractivity contribution in [3.63, 3.8) is 0 Å². The molecule has 2 aromatic rings. The Hall–Kier alpha value is -3.45. The zero-order chi connectivity index (χ0) is 24.5. The predicted octanol–water partition coefficient (Wildman–Crippen LogP) is 4.58. The molecule has 2 aromatic carbocycles. The molecule has 0 aliphatic carbocycles. The quantitative estimate of drug-likeness (QED) is 0.453. The molecule has 0 saturated heterocycles. The number of hydrogen-bond donors (Lipinski definition) is 4. The normalized spacial score (nSPS) is 16.9. The Morgan fingerprint density at radius 1 is 1.27 bits per heavy atom. The van der Waals surface area contributed by atoms with Gasteiger partial charge in [-0.05, 0) is 39.3 Å². The number of aliphatic hydroxyl groups is 1. The van der Waals surface area contributed by atoms with Gasteiger partial charge in [0.1, 0.15) is 40.4 Å². The number of carbonyl (C=O) groups is 1. The van der Waals surface area contributed by atoms with Gasteiger partial charge in [-0.1, -0.05) is 24.3 Å². The second-order valence-corrected chi connectivity index (χ2v) is 8.93. The van der Waals surface area contributed by atoms with Gasteiger partial charge in [0.2, 0.25) is 0 Å². The molecule has 0 saturated carbocycles. The first-order valence-corrected chi connectivity index (χ1v) is 10.6. The number of ether oxygens (including phenoxy) is 2. The molecule has 0 fully saturated rings. The number of methoxy groups -OCH3 is 1. The highest BCUT2D eigenvalue weighted by atomic mass is 16.5. The van der Waals surface area contributed by atoms with Crippen molar-refractivity contribution in [2.45, 2.75) is 45.3 Å². The summed E-state index contributed by atoms with van der Waals surface area (Å²) in [6, 6.07) is 5.66. The second-order valence-electron chi connectivity index (χ2n) is 8.93. The van der Waals surface area contributed by atoms with Crippen molar-refractivity contribution in [2.24, 2.45) is 5.92 Å². The summed E-state index contributed by atoms with van der Waals surface area (Å²) in [5, 5.41) is 40.9. The highest BCUT2D eigenvalue weighted by Gasteiger charge is 2.35. The molecule has 33 heavy (non-hydrogen) atoms. The number of Topliss-reactive ketones (excluding diaryl/α,β-unsaturated/α-hetero) is 1. The van der Waals surface area contributed by atoms with E-state index in [1.807, 2.05) is 6.92 Å². The van der Waals surface area contributed by atoms with Gasteiger partial charge in [-0.15, -0.1) is 0 Å². The van der Waals surface area contributed by atoms with Crippen LogP contribution in [0, 0.1) is 5.92 Å². The number of allylic oxidation sites excluding steroid dienone is 2. The van der Waals surface area contributed by atoms with E-state index in [0.29, 0.717) is 16.9 Å². The molecule has 0 spiro atoms. The molecule has 7 heteroatoms. The minimum atomic E-state index is -1.03. The first-order chi connectivity index (χ1) is 15.4. The lowest BCUT2D eigenvalue weighted by molar-refractivity contribution is 0.0838. The summed E-state index contributed by atoms with van der Waals surface area (Å²) < 4.78 is 11.5. The monoisotopic (exact) mass is 454 g/mol. The van der Waals surface area contributed by atoms with Gasteiger partial charge < -0.3 is 29.9 Å². The molecule has 1 heterocycles. The number of aromatic hydroxyl groups is 3. The number of fused-ring (bicyclic) bond motifs is 1. The molecule has 0 unspecified atom stereocenters. The lowest BCUT2D eigenvalue weighted by Gasteiger charge is -2.30. The molecule has 1 aliphatic heterocycles. The van der Waals surface area contributed by atoms with E-state index in [1.165, 1.54) is 19.2 Å². The maximum atomic E-state index is 13.0. The van der Waals surface area contributed by atoms with E-state index in [0.717, 1.165) is 11.6 Å². The summed E-state index contributed by atoms with van der Waals surface area (Å²) in [5.74, 6) is -0.697. The molecule has 4 N–H and O–H groups in total. The summed E-state index contributed by atoms with van der Waals surface area (Å²) in [4.78, 5) is 13.0. The van der Waals surface area contributed by atoms with E-state index >= 15 is 0 Å². The molecule has 1 aliphatic rings. The van der Waals surface area contributed by atoms with Crippen LogP contribution in [0.15, 0.2) is 48.6 Å². The number of ketones is 1. The summed E-state index contributed by atoms with van der Waals surface area (Å²) in [5.41, 5.74) is 0.685. The van der Waals surface area contributed by atoms with Gasteiger partial charge in [0.15, 0.2) is 5.78 Å². The van der Waals surface area contributed by atoms with Crippen LogP contribution in [0.2, 0.25) is 0 Å². The molecule has 0 amide bonds. The van der Waals surface area contributed by atoms with Crippen LogP contribution in [-0.4, -0.2) is 38.9 Å². The SMILES string of the molecule is C=C(C)[C@@H](/C=C/C(C)(C)O)Cc1c(O)cc(O)c2c1O[C@@H](c1ccc(O)cc1OC)CC2=O. The Labute approximate surface area is 193 Å². The van der Waals surface area contributed by atoms with Crippen LogP contribution in [0.1, 0.15) is 54.8 Å². The van der Waals surface area contributed by atoms with Gasteiger partial charge in [0.05, 0.1) is 19.1 Å². The first-order valence-electron chi connectivity index (χ1n) is 10.6. The molecule has 2 atom stereocenters. The molecule has 0 radical (unpaired) electrons. The van der Waals surface area contributed by atoms with Crippen LogP contribution in [0.3, 0.4) is 0 Å². The maximum Gasteiger partial charge on any atom is 0.174 e. The van der Waals surface area contributed by atoms with Crippen molar-refractivity contribution in [3.8, 4) is 28.7 Å². The number of rotatable bonds is 7. The summed E-state index contributed by atoms with van der Waals surface area (Å²) >= 11 is 0. The Morgan fingerprint density at radius 3 is 2.58 bits per heavy atom. The van der Waals surface area contributed by atoms with Crippen LogP contribution in [0.5, 0.6) is 28.7 Å². The lowest BCUT2D eigenvalue weighted by atomic mass is 9.87. The topological polar surface area (TPSA) is 116 Å². The van der Waals surface area contributed by atoms with E-state index < -0.39 is 11.7 Å². The maximum absolute atomic E-state index is 13.0. The fourth-order valence-electron chi connectivity index (χ4n) is 3.84. The van der Waals surface area contributed by atoms with Gasteiger partial charge in [-0.2, -0.15) is 0 Å². The Morgan fingerprint density at radius 2 is 1.97 bits per heavy atom. The van der Waals surface area contributed by atoms with Gasteiger partial charge in [-0.25, -0.2) is 0 Å². The first kappa shape index (κ1) is 24.2. The fourth-order valence-corrected chi connectivity index (χ4v) is 3.84. The summed E-state index contributed by atoms with van der Waals surface area (Å²) in [7, 11) is 1.45. The van der Waals surface area contributed by atoms with Crippen LogP contribution >= 0.6 is 0 Å².